The van der Waals surface area contributed by atoms with Crippen LogP contribution in [-0.4, -0.2) is 17.1 Å². The van der Waals surface area contributed by atoms with Gasteiger partial charge in [-0.25, -0.2) is 4.79 Å². The number of benzene rings is 2. The molecule has 0 bridgehead atoms. The summed E-state index contributed by atoms with van der Waals surface area (Å²) in [4.78, 5) is 21.6. The van der Waals surface area contributed by atoms with E-state index in [0.29, 0.717) is 10.6 Å². The highest BCUT2D eigenvalue weighted by Crippen LogP contribution is 2.39. The Hall–Kier alpha value is -1.99. The molecule has 2 rings (SSSR count). The van der Waals surface area contributed by atoms with Crippen molar-refractivity contribution in [3.8, 4) is 0 Å². The van der Waals surface area contributed by atoms with Gasteiger partial charge in [-0.05, 0) is 11.6 Å². The van der Waals surface area contributed by atoms with Crippen LogP contribution in [0.2, 0.25) is 0 Å². The number of nitro benzene ring substituents is 1. The molecule has 0 heterocycles. The Morgan fingerprint density at radius 1 is 1.14 bits per heavy atom. The zero-order valence-corrected chi connectivity index (χ0v) is 13.0. The molecule has 0 saturated heterocycles. The predicted octanol–water partition coefficient (Wildman–Crippen LogP) is 4.16. The molecule has 2 aromatic carbocycles. The van der Waals surface area contributed by atoms with E-state index >= 15 is 0 Å². The van der Waals surface area contributed by atoms with Gasteiger partial charge in [-0.1, -0.05) is 64.1 Å². The van der Waals surface area contributed by atoms with Crippen molar-refractivity contribution >= 4 is 33.7 Å². The highest BCUT2D eigenvalue weighted by atomic mass is 33.1. The second kappa shape index (κ2) is 8.45. The lowest BCUT2D eigenvalue weighted by Crippen LogP contribution is -2.05. The first-order valence-electron chi connectivity index (χ1n) is 6.33. The van der Waals surface area contributed by atoms with Crippen LogP contribution in [0.4, 0.5) is 5.69 Å². The molecule has 0 aliphatic heterocycles. The quantitative estimate of drug-likeness (QED) is 0.410. The van der Waals surface area contributed by atoms with E-state index in [2.05, 4.69) is 0 Å². The minimum atomic E-state index is -0.432. The molecule has 0 N–H and O–H groups in total. The summed E-state index contributed by atoms with van der Waals surface area (Å²) in [5, 5.41) is 10.9. The third-order valence-electron chi connectivity index (χ3n) is 2.79. The Morgan fingerprint density at radius 3 is 2.50 bits per heavy atom. The van der Waals surface area contributed by atoms with E-state index < -0.39 is 11.0 Å². The normalized spacial score (nSPS) is 11.6. The van der Waals surface area contributed by atoms with E-state index in [9.17, 15) is 14.9 Å². The minimum absolute atomic E-state index is 0.0686. The maximum Gasteiger partial charge on any atom is 0.418 e. The second-order valence-corrected chi connectivity index (χ2v) is 6.58. The molecule has 0 saturated carbocycles. The SMILES string of the molecule is O=[C]OC(CSSc1ccccc1[N+](=O)[O-])c1ccccc1. The molecule has 0 aliphatic carbocycles. The van der Waals surface area contributed by atoms with Gasteiger partial charge < -0.3 is 4.74 Å². The largest absolute Gasteiger partial charge is 0.448 e. The predicted molar refractivity (Wildman–Crippen MR) is 87.4 cm³/mol. The summed E-state index contributed by atoms with van der Waals surface area (Å²) >= 11 is 0. The lowest BCUT2D eigenvalue weighted by molar-refractivity contribution is -0.387. The first-order chi connectivity index (χ1) is 10.7. The Morgan fingerprint density at radius 2 is 1.82 bits per heavy atom. The summed E-state index contributed by atoms with van der Waals surface area (Å²) in [5.41, 5.74) is 0.931. The molecule has 0 fully saturated rings. The van der Waals surface area contributed by atoms with E-state index in [1.54, 1.807) is 18.2 Å². The van der Waals surface area contributed by atoms with E-state index in [4.69, 9.17) is 4.74 Å². The van der Waals surface area contributed by atoms with E-state index in [1.165, 1.54) is 34.1 Å². The molecule has 0 amide bonds. The molecule has 5 nitrogen and oxygen atoms in total. The van der Waals surface area contributed by atoms with Crippen LogP contribution >= 0.6 is 21.6 Å². The van der Waals surface area contributed by atoms with Crippen molar-refractivity contribution in [2.45, 2.75) is 11.0 Å². The Kier molecular flexibility index (Phi) is 6.29. The van der Waals surface area contributed by atoms with Gasteiger partial charge in [0.25, 0.3) is 5.69 Å². The van der Waals surface area contributed by atoms with Gasteiger partial charge in [-0.2, -0.15) is 0 Å². The minimum Gasteiger partial charge on any atom is -0.448 e. The number of hydrogen-bond acceptors (Lipinski definition) is 6. The van der Waals surface area contributed by atoms with Gasteiger partial charge in [0, 0.05) is 11.8 Å². The van der Waals surface area contributed by atoms with Crippen molar-refractivity contribution < 1.29 is 14.5 Å². The highest BCUT2D eigenvalue weighted by molar-refractivity contribution is 8.76. The van der Waals surface area contributed by atoms with Gasteiger partial charge in [0.1, 0.15) is 6.10 Å². The first-order valence-corrected chi connectivity index (χ1v) is 8.65. The smallest absolute Gasteiger partial charge is 0.418 e. The van der Waals surface area contributed by atoms with E-state index in [-0.39, 0.29) is 5.69 Å². The topological polar surface area (TPSA) is 69.4 Å². The Bertz CT molecular complexity index is 636. The average molecular weight is 334 g/mol. The monoisotopic (exact) mass is 334 g/mol. The lowest BCUT2D eigenvalue weighted by atomic mass is 10.1. The van der Waals surface area contributed by atoms with Crippen molar-refractivity contribution in [1.29, 1.82) is 0 Å². The van der Waals surface area contributed by atoms with Crippen molar-refractivity contribution in [2.75, 3.05) is 5.75 Å². The van der Waals surface area contributed by atoms with Gasteiger partial charge in [0.15, 0.2) is 0 Å². The van der Waals surface area contributed by atoms with Crippen molar-refractivity contribution in [3.05, 3.63) is 70.3 Å². The van der Waals surface area contributed by atoms with Crippen molar-refractivity contribution in [3.63, 3.8) is 0 Å². The number of hydrogen-bond donors (Lipinski definition) is 0. The van der Waals surface area contributed by atoms with Crippen LogP contribution in [0.5, 0.6) is 0 Å². The molecule has 1 atom stereocenters. The third kappa shape index (κ3) is 4.51. The molecular weight excluding hydrogens is 322 g/mol. The third-order valence-corrected chi connectivity index (χ3v) is 5.17. The molecule has 1 unspecified atom stereocenters. The summed E-state index contributed by atoms with van der Waals surface area (Å²) < 4.78 is 4.97. The fraction of sp³-hybridized carbons (Fsp3) is 0.133. The molecule has 1 radical (unpaired) electrons. The summed E-state index contributed by atoms with van der Waals surface area (Å²) in [7, 11) is 2.68. The highest BCUT2D eigenvalue weighted by Gasteiger charge is 2.16. The fourth-order valence-corrected chi connectivity index (χ4v) is 4.08. The molecule has 0 aromatic heterocycles. The Labute approximate surface area is 135 Å². The number of nitrogens with zero attached hydrogens (tertiary/aromatic N) is 1. The number of carbonyl (C=O) groups excluding carboxylic acids is 1. The van der Waals surface area contributed by atoms with Crippen LogP contribution < -0.4 is 0 Å². The summed E-state index contributed by atoms with van der Waals surface area (Å²) in [6.45, 7) is 1.46. The van der Waals surface area contributed by atoms with Gasteiger partial charge in [0.2, 0.25) is 0 Å². The van der Waals surface area contributed by atoms with Crippen LogP contribution in [0.3, 0.4) is 0 Å². The molecule has 7 heteroatoms. The first kappa shape index (κ1) is 16.4. The zero-order chi connectivity index (χ0) is 15.8. The maximum atomic E-state index is 10.9. The number of rotatable bonds is 8. The van der Waals surface area contributed by atoms with Crippen LogP contribution in [0.25, 0.3) is 0 Å². The summed E-state index contributed by atoms with van der Waals surface area (Å²) in [5.74, 6) is 0.468. The molecule has 0 aliphatic rings. The molecule has 113 valence electrons. The van der Waals surface area contributed by atoms with Gasteiger partial charge in [-0.3, -0.25) is 10.1 Å². The van der Waals surface area contributed by atoms with Crippen molar-refractivity contribution in [2.24, 2.45) is 0 Å². The zero-order valence-electron chi connectivity index (χ0n) is 11.4. The van der Waals surface area contributed by atoms with Gasteiger partial charge in [-0.15, -0.1) is 0 Å². The van der Waals surface area contributed by atoms with Crippen LogP contribution in [0.1, 0.15) is 11.7 Å². The van der Waals surface area contributed by atoms with Gasteiger partial charge in [0.05, 0.1) is 9.82 Å². The summed E-state index contributed by atoms with van der Waals surface area (Å²) in [6.07, 6.45) is -0.432. The van der Waals surface area contributed by atoms with E-state index in [1.807, 2.05) is 30.3 Å². The fourth-order valence-electron chi connectivity index (χ4n) is 1.76. The Balaban J connectivity index is 1.99. The van der Waals surface area contributed by atoms with Crippen LogP contribution in [0, 0.1) is 10.1 Å². The lowest BCUT2D eigenvalue weighted by Gasteiger charge is -2.14. The molecular formula is C15H12NO4S2. The van der Waals surface area contributed by atoms with Crippen molar-refractivity contribution in [1.82, 2.24) is 0 Å². The van der Waals surface area contributed by atoms with E-state index in [0.717, 1.165) is 5.56 Å². The van der Waals surface area contributed by atoms with Crippen LogP contribution in [0.15, 0.2) is 59.5 Å². The maximum absolute atomic E-state index is 10.9. The van der Waals surface area contributed by atoms with Gasteiger partial charge >= 0.3 is 6.47 Å². The van der Waals surface area contributed by atoms with Crippen LogP contribution in [-0.2, 0) is 9.53 Å². The summed E-state index contributed by atoms with van der Waals surface area (Å²) in [6, 6.07) is 15.8. The molecule has 2 aromatic rings. The number of nitro groups is 1. The average Bonchev–Trinajstić information content (AvgIpc) is 2.55. The standard InChI is InChI=1S/C15H12NO4S2/c17-11-20-14(12-6-2-1-3-7-12)10-21-22-15-9-5-4-8-13(15)16(18)19/h1-9,14H,10H2. The molecule has 22 heavy (non-hydrogen) atoms. The number of para-hydroxylation sites is 1. The second-order valence-electron chi connectivity index (χ2n) is 4.19. The molecule has 0 spiro atoms. The number of ether oxygens (including phenoxy) is 1.